The number of anilines is 1. The largest absolute Gasteiger partial charge is 0.338 e. The van der Waals surface area contributed by atoms with Gasteiger partial charge in [0.25, 0.3) is 5.01 Å². The first-order chi connectivity index (χ1) is 28.1. The van der Waals surface area contributed by atoms with Crippen LogP contribution in [-0.2, 0) is 13.6 Å². The molecule has 2 aliphatic rings. The van der Waals surface area contributed by atoms with Crippen molar-refractivity contribution in [1.29, 1.82) is 0 Å². The van der Waals surface area contributed by atoms with Crippen molar-refractivity contribution in [1.82, 2.24) is 0 Å². The molecule has 0 saturated heterocycles. The second-order valence-corrected chi connectivity index (χ2v) is 19.0. The number of hydrogen-bond donors (Lipinski definition) is 0. The van der Waals surface area contributed by atoms with Gasteiger partial charge in [-0.2, -0.15) is 9.13 Å². The van der Waals surface area contributed by atoms with Crippen LogP contribution in [0.4, 0.5) is 5.69 Å². The number of pyridine rings is 1. The molecule has 4 aromatic carbocycles. The molecule has 0 fully saturated rings. The van der Waals surface area contributed by atoms with Gasteiger partial charge < -0.3 is 13.9 Å². The predicted octanol–water partition coefficient (Wildman–Crippen LogP) is 10.6. The Morgan fingerprint density at radius 3 is 2.31 bits per heavy atom. The lowest BCUT2D eigenvalue weighted by Gasteiger charge is -2.40. The number of aromatic nitrogens is 2. The maximum atomic E-state index is 2.44. The Morgan fingerprint density at radius 1 is 0.741 bits per heavy atom. The third-order valence-corrected chi connectivity index (χ3v) is 14.4. The van der Waals surface area contributed by atoms with E-state index in [9.17, 15) is 0 Å². The number of allylic oxidation sites excluding steroid dienone is 6. The molecule has 0 N–H and O–H groups in total. The van der Waals surface area contributed by atoms with Gasteiger partial charge in [-0.25, -0.2) is 0 Å². The van der Waals surface area contributed by atoms with Gasteiger partial charge >= 0.3 is 0 Å². The Kier molecular flexibility index (Phi) is 11.7. The number of quaternary nitrogens is 2. The number of fused-ring (bicyclic) bond motifs is 4. The average Bonchev–Trinajstić information content (AvgIpc) is 3.72. The summed E-state index contributed by atoms with van der Waals surface area (Å²) in [6.45, 7) is 4.44. The zero-order valence-corrected chi connectivity index (χ0v) is 36.5. The number of thioether (sulfide) groups is 1. The van der Waals surface area contributed by atoms with Crippen LogP contribution in [0.15, 0.2) is 156 Å². The molecular formula is C51H57N5S2+4. The first-order valence-corrected chi connectivity index (χ1v) is 22.2. The van der Waals surface area contributed by atoms with Crippen LogP contribution >= 0.6 is 23.1 Å². The number of benzene rings is 4. The highest BCUT2D eigenvalue weighted by molar-refractivity contribution is 8.03. The third kappa shape index (κ3) is 8.55. The second kappa shape index (κ2) is 17.0. The van der Waals surface area contributed by atoms with E-state index in [1.54, 1.807) is 0 Å². The summed E-state index contributed by atoms with van der Waals surface area (Å²) >= 11 is 3.67. The molecule has 8 rings (SSSR count). The van der Waals surface area contributed by atoms with E-state index in [1.807, 2.05) is 23.1 Å². The molecule has 2 aromatic heterocycles. The molecule has 1 atom stereocenters. The zero-order valence-electron chi connectivity index (χ0n) is 34.9. The van der Waals surface area contributed by atoms with Crippen molar-refractivity contribution in [2.45, 2.75) is 30.3 Å². The highest BCUT2D eigenvalue weighted by atomic mass is 32.2. The smallest absolute Gasteiger partial charge is 0.262 e. The fourth-order valence-corrected chi connectivity index (χ4v) is 10.8. The van der Waals surface area contributed by atoms with Crippen LogP contribution in [0.3, 0.4) is 0 Å². The van der Waals surface area contributed by atoms with Crippen molar-refractivity contribution in [2.24, 2.45) is 7.05 Å². The Hall–Kier alpha value is -5.05. The normalized spacial score (nSPS) is 17.1. The van der Waals surface area contributed by atoms with Crippen molar-refractivity contribution in [3.63, 3.8) is 0 Å². The van der Waals surface area contributed by atoms with E-state index in [4.69, 9.17) is 0 Å². The van der Waals surface area contributed by atoms with Gasteiger partial charge in [0.1, 0.15) is 17.8 Å². The lowest BCUT2D eigenvalue weighted by atomic mass is 9.87. The summed E-state index contributed by atoms with van der Waals surface area (Å²) in [4.78, 5) is 3.59. The number of likely N-dealkylation sites (N-methyl/N-ethyl adjacent to an activating group) is 1. The van der Waals surface area contributed by atoms with Gasteiger partial charge in [0.05, 0.1) is 70.3 Å². The minimum absolute atomic E-state index is 0.326. The second-order valence-electron chi connectivity index (χ2n) is 16.9. The van der Waals surface area contributed by atoms with Crippen LogP contribution < -0.4 is 14.0 Å². The number of nitrogens with zero attached hydrogens (tertiary/aromatic N) is 5. The summed E-state index contributed by atoms with van der Waals surface area (Å²) in [5.41, 5.74) is 9.13. The standard InChI is InChI=1S/C51H57N5S2/c1-52-45-25-11-13-27-48(45)57-50(52)29-15-19-39-31-32-47(43-23-8-7-21-41(39)43)56(5,6)38-18-37-55(3,4)36-17-34-54-35-33-40(42-22-9-10-24-44(42)54)20-16-30-51-53(2)46-26-12-14-28-49(46)58-51/h7-16,19-33,35,47H,17-18,34,36-38H2,1-6H3/q+4. The number of thiazole rings is 1. The number of hydrogen-bond acceptors (Lipinski definition) is 3. The molecule has 0 saturated carbocycles. The summed E-state index contributed by atoms with van der Waals surface area (Å²) in [7, 11) is 13.9. The number of para-hydroxylation sites is 3. The van der Waals surface area contributed by atoms with Crippen molar-refractivity contribution in [2.75, 3.05) is 59.8 Å². The topological polar surface area (TPSA) is 11.0 Å². The first kappa shape index (κ1) is 39.8. The molecule has 7 heteroatoms. The number of rotatable bonds is 13. The zero-order chi connectivity index (χ0) is 40.3. The van der Waals surface area contributed by atoms with Crippen molar-refractivity contribution < 1.29 is 18.1 Å². The van der Waals surface area contributed by atoms with E-state index in [0.29, 0.717) is 6.04 Å². The molecule has 5 nitrogen and oxygen atoms in total. The van der Waals surface area contributed by atoms with Crippen LogP contribution in [0.5, 0.6) is 0 Å². The molecule has 294 valence electrons. The summed E-state index contributed by atoms with van der Waals surface area (Å²) in [5.74, 6) is 0. The van der Waals surface area contributed by atoms with E-state index >= 15 is 0 Å². The quantitative estimate of drug-likeness (QED) is 0.0851. The van der Waals surface area contributed by atoms with E-state index in [1.165, 1.54) is 70.4 Å². The van der Waals surface area contributed by atoms with Crippen LogP contribution in [0, 0.1) is 0 Å². The molecular weight excluding hydrogens is 747 g/mol. The molecule has 0 radical (unpaired) electrons. The number of aryl methyl sites for hydroxylation is 2. The van der Waals surface area contributed by atoms with Gasteiger partial charge in [0.2, 0.25) is 11.0 Å². The Labute approximate surface area is 353 Å². The van der Waals surface area contributed by atoms with E-state index in [0.717, 1.165) is 41.6 Å². The van der Waals surface area contributed by atoms with Crippen molar-refractivity contribution >= 4 is 67.6 Å². The monoisotopic (exact) mass is 803 g/mol. The summed E-state index contributed by atoms with van der Waals surface area (Å²) in [6.07, 6.45) is 22.8. The Bertz CT molecular complexity index is 2600. The fraction of sp³-hybridized carbons (Fsp3) is 0.255. The molecule has 6 aromatic rings. The minimum atomic E-state index is 0.326. The first-order valence-electron chi connectivity index (χ1n) is 20.6. The van der Waals surface area contributed by atoms with Gasteiger partial charge in [-0.05, 0) is 53.1 Å². The third-order valence-electron chi connectivity index (χ3n) is 12.0. The van der Waals surface area contributed by atoms with Crippen LogP contribution in [-0.4, -0.2) is 63.8 Å². The van der Waals surface area contributed by atoms with Gasteiger partial charge in [-0.15, -0.1) is 0 Å². The van der Waals surface area contributed by atoms with Crippen LogP contribution in [0.1, 0.15) is 40.6 Å². The lowest BCUT2D eigenvalue weighted by Crippen LogP contribution is -2.48. The summed E-state index contributed by atoms with van der Waals surface area (Å²) < 4.78 is 8.01. The Balaban J connectivity index is 0.862. The molecule has 0 amide bonds. The molecule has 1 unspecified atom stereocenters. The maximum Gasteiger partial charge on any atom is 0.262 e. The van der Waals surface area contributed by atoms with Crippen molar-refractivity contribution in [3.05, 3.63) is 173 Å². The Morgan fingerprint density at radius 2 is 1.47 bits per heavy atom. The SMILES string of the molecule is CN1C(=CC=Cc2cc[n+](CCC[N+](C)(C)CCC[N+](C)(C)C3C=CC(=CC=Cc4sc5ccccc5[n+]4C)c4ccccc43)c3ccccc23)Sc2ccccc21. The van der Waals surface area contributed by atoms with E-state index in [2.05, 4.69) is 214 Å². The highest BCUT2D eigenvalue weighted by Crippen LogP contribution is 2.44. The highest BCUT2D eigenvalue weighted by Gasteiger charge is 2.33. The van der Waals surface area contributed by atoms with Gasteiger partial charge in [0.15, 0.2) is 12.7 Å². The lowest BCUT2D eigenvalue weighted by molar-refractivity contribution is -0.925. The minimum Gasteiger partial charge on any atom is -0.338 e. The summed E-state index contributed by atoms with van der Waals surface area (Å²) in [5, 5.41) is 3.79. The maximum absolute atomic E-state index is 2.44. The molecule has 0 spiro atoms. The summed E-state index contributed by atoms with van der Waals surface area (Å²) in [6, 6.07) is 37.7. The van der Waals surface area contributed by atoms with Crippen LogP contribution in [0.25, 0.3) is 38.8 Å². The average molecular weight is 804 g/mol. The molecule has 0 bridgehead atoms. The van der Waals surface area contributed by atoms with Gasteiger partial charge in [0, 0.05) is 48.2 Å². The van der Waals surface area contributed by atoms with Crippen molar-refractivity contribution in [3.8, 4) is 0 Å². The van der Waals surface area contributed by atoms with Gasteiger partial charge in [-0.3, -0.25) is 0 Å². The molecule has 1 aliphatic carbocycles. The van der Waals surface area contributed by atoms with Gasteiger partial charge in [-0.1, -0.05) is 114 Å². The predicted molar refractivity (Wildman–Crippen MR) is 248 cm³/mol. The van der Waals surface area contributed by atoms with E-state index in [-0.39, 0.29) is 0 Å². The molecule has 1 aliphatic heterocycles. The van der Waals surface area contributed by atoms with E-state index < -0.39 is 0 Å². The fourth-order valence-electron chi connectivity index (χ4n) is 8.64. The van der Waals surface area contributed by atoms with Crippen LogP contribution in [0.2, 0.25) is 0 Å². The molecule has 58 heavy (non-hydrogen) atoms. The molecule has 3 heterocycles.